The van der Waals surface area contributed by atoms with Crippen molar-refractivity contribution in [1.29, 1.82) is 0 Å². The van der Waals surface area contributed by atoms with E-state index in [9.17, 15) is 13.5 Å². The molecule has 5 nitrogen and oxygen atoms in total. The number of benzene rings is 1. The maximum atomic E-state index is 12.2. The number of rotatable bonds is 4. The lowest BCUT2D eigenvalue weighted by Gasteiger charge is -2.33. The predicted molar refractivity (Wildman–Crippen MR) is 73.9 cm³/mol. The summed E-state index contributed by atoms with van der Waals surface area (Å²) in [7, 11) is -3.85. The Bertz CT molecular complexity index is 573. The zero-order valence-corrected chi connectivity index (χ0v) is 12.6. The fourth-order valence-corrected chi connectivity index (χ4v) is 3.61. The third-order valence-corrected chi connectivity index (χ3v) is 4.94. The maximum absolute atomic E-state index is 12.2. The van der Waals surface area contributed by atoms with E-state index in [-0.39, 0.29) is 11.5 Å². The van der Waals surface area contributed by atoms with E-state index in [0.717, 1.165) is 5.56 Å². The number of aliphatic hydroxyl groups is 1. The van der Waals surface area contributed by atoms with Crippen molar-refractivity contribution in [2.45, 2.75) is 37.2 Å². The Morgan fingerprint density at radius 1 is 1.35 bits per heavy atom. The van der Waals surface area contributed by atoms with Crippen LogP contribution in [-0.4, -0.2) is 33.3 Å². The van der Waals surface area contributed by atoms with Crippen LogP contribution in [0.5, 0.6) is 0 Å². The lowest BCUT2D eigenvalue weighted by molar-refractivity contribution is -0.0697. The van der Waals surface area contributed by atoms with E-state index in [1.165, 1.54) is 6.07 Å². The first-order valence-corrected chi connectivity index (χ1v) is 8.10. The van der Waals surface area contributed by atoms with Crippen molar-refractivity contribution in [3.05, 3.63) is 29.3 Å². The normalized spacial score (nSPS) is 18.9. The van der Waals surface area contributed by atoms with Crippen LogP contribution in [0.25, 0.3) is 0 Å². The van der Waals surface area contributed by atoms with Gasteiger partial charge in [-0.05, 0) is 19.9 Å². The number of hydrogen-bond acceptors (Lipinski definition) is 5. The molecule has 1 saturated heterocycles. The minimum absolute atomic E-state index is 0.0503. The molecule has 1 aliphatic rings. The summed E-state index contributed by atoms with van der Waals surface area (Å²) in [6.07, 6.45) is 0.760. The van der Waals surface area contributed by atoms with E-state index in [1.54, 1.807) is 19.1 Å². The topological polar surface area (TPSA) is 72.8 Å². The summed E-state index contributed by atoms with van der Waals surface area (Å²) in [6, 6.07) is 4.93. The molecule has 0 aromatic heterocycles. The number of aryl methyl sites for hydroxylation is 1. The van der Waals surface area contributed by atoms with Crippen molar-refractivity contribution in [3.8, 4) is 0 Å². The molecule has 0 unspecified atom stereocenters. The molecule has 1 aromatic rings. The Morgan fingerprint density at radius 3 is 2.60 bits per heavy atom. The molecular weight excluding hydrogens is 280 g/mol. The second-order valence-electron chi connectivity index (χ2n) is 5.00. The van der Waals surface area contributed by atoms with Gasteiger partial charge in [0.15, 0.2) is 0 Å². The molecule has 0 amide bonds. The van der Waals surface area contributed by atoms with Crippen LogP contribution >= 0.6 is 0 Å². The number of ether oxygens (including phenoxy) is 1. The average molecular weight is 300 g/mol. The standard InChI is InChI=1S/C14H20O5S/c1-3-19-20(16,17)13-5-4-11(2)10-12(13)14(15)6-8-18-9-7-14/h4-5,10,15H,3,6-9H2,1-2H3. The molecule has 0 spiro atoms. The van der Waals surface area contributed by atoms with Gasteiger partial charge in [-0.3, -0.25) is 4.18 Å². The zero-order chi connectivity index (χ0) is 14.8. The first-order valence-electron chi connectivity index (χ1n) is 6.70. The van der Waals surface area contributed by atoms with Crippen LogP contribution in [0.4, 0.5) is 0 Å². The summed E-state index contributed by atoms with van der Waals surface area (Å²) in [4.78, 5) is 0.0503. The molecule has 112 valence electrons. The summed E-state index contributed by atoms with van der Waals surface area (Å²) in [5, 5.41) is 10.8. The largest absolute Gasteiger partial charge is 0.385 e. The Balaban J connectivity index is 2.54. The Hall–Kier alpha value is -0.950. The molecule has 1 fully saturated rings. The molecule has 0 aliphatic carbocycles. The van der Waals surface area contributed by atoms with Gasteiger partial charge in [0.2, 0.25) is 0 Å². The van der Waals surface area contributed by atoms with Crippen LogP contribution in [0.15, 0.2) is 23.1 Å². The van der Waals surface area contributed by atoms with Crippen LogP contribution in [0.2, 0.25) is 0 Å². The fraction of sp³-hybridized carbons (Fsp3) is 0.571. The third kappa shape index (κ3) is 3.03. The van der Waals surface area contributed by atoms with E-state index in [0.29, 0.717) is 31.6 Å². The van der Waals surface area contributed by atoms with E-state index in [1.807, 2.05) is 6.92 Å². The summed E-state index contributed by atoms with van der Waals surface area (Å²) in [5.41, 5.74) is 0.133. The molecule has 2 rings (SSSR count). The molecule has 1 aliphatic heterocycles. The molecule has 0 radical (unpaired) electrons. The van der Waals surface area contributed by atoms with Gasteiger partial charge < -0.3 is 9.84 Å². The van der Waals surface area contributed by atoms with Crippen LogP contribution in [0, 0.1) is 6.92 Å². The highest BCUT2D eigenvalue weighted by Crippen LogP contribution is 2.36. The van der Waals surface area contributed by atoms with Crippen molar-refractivity contribution < 1.29 is 22.4 Å². The molecule has 1 heterocycles. The van der Waals surface area contributed by atoms with Crippen molar-refractivity contribution in [3.63, 3.8) is 0 Å². The monoisotopic (exact) mass is 300 g/mol. The molecule has 20 heavy (non-hydrogen) atoms. The summed E-state index contributed by atoms with van der Waals surface area (Å²) in [6.45, 7) is 4.38. The highest BCUT2D eigenvalue weighted by atomic mass is 32.2. The Kier molecular flexibility index (Phi) is 4.49. The quantitative estimate of drug-likeness (QED) is 0.857. The van der Waals surface area contributed by atoms with E-state index < -0.39 is 15.7 Å². The summed E-state index contributed by atoms with van der Waals surface area (Å²) >= 11 is 0. The molecule has 0 atom stereocenters. The Labute approximate surface area is 119 Å². The van der Waals surface area contributed by atoms with Gasteiger partial charge in [0, 0.05) is 31.6 Å². The van der Waals surface area contributed by atoms with Gasteiger partial charge in [0.25, 0.3) is 10.1 Å². The van der Waals surface area contributed by atoms with Gasteiger partial charge >= 0.3 is 0 Å². The van der Waals surface area contributed by atoms with E-state index in [2.05, 4.69) is 0 Å². The zero-order valence-electron chi connectivity index (χ0n) is 11.8. The minimum Gasteiger partial charge on any atom is -0.385 e. The fourth-order valence-electron chi connectivity index (χ4n) is 2.42. The van der Waals surface area contributed by atoms with Crippen molar-refractivity contribution in [2.24, 2.45) is 0 Å². The Morgan fingerprint density at radius 2 is 2.00 bits per heavy atom. The van der Waals surface area contributed by atoms with Crippen molar-refractivity contribution in [2.75, 3.05) is 19.8 Å². The smallest absolute Gasteiger partial charge is 0.297 e. The maximum Gasteiger partial charge on any atom is 0.297 e. The van der Waals surface area contributed by atoms with Gasteiger partial charge in [0.05, 0.1) is 12.2 Å². The molecular formula is C14H20O5S. The second kappa shape index (κ2) is 5.81. The SMILES string of the molecule is CCOS(=O)(=O)c1ccc(C)cc1C1(O)CCOCC1. The van der Waals surface area contributed by atoms with Crippen molar-refractivity contribution in [1.82, 2.24) is 0 Å². The van der Waals surface area contributed by atoms with E-state index >= 15 is 0 Å². The van der Waals surface area contributed by atoms with Gasteiger partial charge in [0.1, 0.15) is 4.90 Å². The van der Waals surface area contributed by atoms with Crippen LogP contribution in [0.3, 0.4) is 0 Å². The van der Waals surface area contributed by atoms with Gasteiger partial charge in [-0.2, -0.15) is 8.42 Å². The lowest BCUT2D eigenvalue weighted by atomic mass is 9.86. The first kappa shape index (κ1) is 15.4. The minimum atomic E-state index is -3.85. The van der Waals surface area contributed by atoms with Gasteiger partial charge in [-0.1, -0.05) is 17.7 Å². The first-order chi connectivity index (χ1) is 9.39. The molecule has 0 saturated carbocycles. The van der Waals surface area contributed by atoms with Gasteiger partial charge in [-0.25, -0.2) is 0 Å². The van der Waals surface area contributed by atoms with Crippen LogP contribution < -0.4 is 0 Å². The molecule has 6 heteroatoms. The van der Waals surface area contributed by atoms with Crippen LogP contribution in [0.1, 0.15) is 30.9 Å². The molecule has 1 N–H and O–H groups in total. The predicted octanol–water partition coefficient (Wildman–Crippen LogP) is 1.72. The average Bonchev–Trinajstić information content (AvgIpc) is 2.39. The van der Waals surface area contributed by atoms with Crippen molar-refractivity contribution >= 4 is 10.1 Å². The number of hydrogen-bond donors (Lipinski definition) is 1. The summed E-state index contributed by atoms with van der Waals surface area (Å²) < 4.78 is 34.5. The lowest BCUT2D eigenvalue weighted by Crippen LogP contribution is -2.35. The van der Waals surface area contributed by atoms with Gasteiger partial charge in [-0.15, -0.1) is 0 Å². The highest BCUT2D eigenvalue weighted by Gasteiger charge is 2.36. The second-order valence-corrected chi connectivity index (χ2v) is 6.59. The van der Waals surface area contributed by atoms with E-state index in [4.69, 9.17) is 8.92 Å². The third-order valence-electron chi connectivity index (χ3n) is 3.50. The van der Waals surface area contributed by atoms with Crippen LogP contribution in [-0.2, 0) is 24.6 Å². The molecule has 0 bridgehead atoms. The summed E-state index contributed by atoms with van der Waals surface area (Å²) in [5.74, 6) is 0. The highest BCUT2D eigenvalue weighted by molar-refractivity contribution is 7.86. The molecule has 1 aromatic carbocycles.